The third kappa shape index (κ3) is 6.07. The van der Waals surface area contributed by atoms with Gasteiger partial charge in [-0.15, -0.1) is 11.3 Å². The minimum atomic E-state index is -0.608. The van der Waals surface area contributed by atoms with E-state index in [4.69, 9.17) is 9.47 Å². The minimum Gasteiger partial charge on any atom is -0.490 e. The number of amides is 1. The molecule has 0 aliphatic carbocycles. The van der Waals surface area contributed by atoms with E-state index in [1.54, 1.807) is 24.6 Å². The first-order valence-electron chi connectivity index (χ1n) is 12.4. The maximum atomic E-state index is 14.2. The molecule has 1 N–H and O–H groups in total. The topological polar surface area (TPSA) is 108 Å². The Hall–Kier alpha value is -4.45. The molecule has 0 fully saturated rings. The number of aromatic nitrogens is 4. The van der Waals surface area contributed by atoms with Crippen LogP contribution in [0.2, 0.25) is 0 Å². The van der Waals surface area contributed by atoms with Gasteiger partial charge < -0.3 is 14.2 Å². The molecule has 6 rings (SSSR count). The fraction of sp³-hybridized carbons (Fsp3) is 0.250. The summed E-state index contributed by atoms with van der Waals surface area (Å²) in [6.07, 6.45) is 2.89. The highest BCUT2D eigenvalue weighted by Gasteiger charge is 2.24. The summed E-state index contributed by atoms with van der Waals surface area (Å²) in [7, 11) is 2.81. The van der Waals surface area contributed by atoms with E-state index < -0.39 is 12.0 Å². The number of methoxy groups -OCH3 is 2. The zero-order valence-electron chi connectivity index (χ0n) is 22.5. The molecule has 4 heterocycles. The summed E-state index contributed by atoms with van der Waals surface area (Å²) in [5.74, 6) is -0.104. The van der Waals surface area contributed by atoms with E-state index in [1.165, 1.54) is 25.4 Å². The van der Waals surface area contributed by atoms with Crippen LogP contribution in [0.3, 0.4) is 0 Å². The van der Waals surface area contributed by atoms with Crippen LogP contribution in [0, 0.1) is 18.7 Å². The quantitative estimate of drug-likeness (QED) is 0.239. The van der Waals surface area contributed by atoms with Gasteiger partial charge in [-0.1, -0.05) is 13.8 Å². The second-order valence-corrected chi connectivity index (χ2v) is 9.21. The number of carbonyl (C=O) groups excluding carboxylic acids is 1. The summed E-state index contributed by atoms with van der Waals surface area (Å²) in [5.41, 5.74) is 5.40. The number of thiazole rings is 1. The van der Waals surface area contributed by atoms with E-state index in [1.807, 2.05) is 32.9 Å². The van der Waals surface area contributed by atoms with E-state index in [0.29, 0.717) is 35.9 Å². The number of hydrogen-bond donors (Lipinski definition) is 1. The van der Waals surface area contributed by atoms with Crippen LogP contribution in [0.25, 0.3) is 31.8 Å². The normalized spacial score (nSPS) is 11.5. The van der Waals surface area contributed by atoms with Gasteiger partial charge in [0.2, 0.25) is 11.8 Å². The summed E-state index contributed by atoms with van der Waals surface area (Å²) < 4.78 is 42.4. The van der Waals surface area contributed by atoms with Gasteiger partial charge in [0.1, 0.15) is 5.01 Å². The number of ether oxygens (including phenoxy) is 3. The first-order valence-corrected chi connectivity index (χ1v) is 13.2. The number of pyridine rings is 1. The van der Waals surface area contributed by atoms with Crippen LogP contribution < -0.4 is 14.8 Å². The number of rotatable bonds is 3. The molecule has 1 aliphatic heterocycles. The lowest BCUT2D eigenvalue weighted by molar-refractivity contribution is 0.187. The van der Waals surface area contributed by atoms with Crippen LogP contribution >= 0.6 is 11.3 Å². The Morgan fingerprint density at radius 1 is 1.05 bits per heavy atom. The number of nitrogens with zero attached hydrogens (tertiary/aromatic N) is 4. The maximum absolute atomic E-state index is 14.2. The van der Waals surface area contributed by atoms with Gasteiger partial charge >= 0.3 is 6.09 Å². The van der Waals surface area contributed by atoms with E-state index in [9.17, 15) is 13.6 Å². The van der Waals surface area contributed by atoms with Crippen molar-refractivity contribution in [3.63, 3.8) is 0 Å². The smallest absolute Gasteiger partial charge is 0.411 e. The highest BCUT2D eigenvalue weighted by Crippen LogP contribution is 2.41. The van der Waals surface area contributed by atoms with Gasteiger partial charge in [0.15, 0.2) is 11.6 Å². The summed E-state index contributed by atoms with van der Waals surface area (Å²) in [6, 6.07) is 7.98. The van der Waals surface area contributed by atoms with Crippen molar-refractivity contribution >= 4 is 44.4 Å². The van der Waals surface area contributed by atoms with Crippen molar-refractivity contribution in [2.24, 2.45) is 0 Å². The average molecular weight is 568 g/mol. The Bertz CT molecular complexity index is 1660. The lowest BCUT2D eigenvalue weighted by Crippen LogP contribution is -2.10. The molecule has 3 aromatic heterocycles. The van der Waals surface area contributed by atoms with Crippen molar-refractivity contribution in [1.29, 1.82) is 0 Å². The fourth-order valence-electron chi connectivity index (χ4n) is 3.96. The molecule has 1 amide bonds. The Balaban J connectivity index is 0.000000223. The number of nitrogens with one attached hydrogen (secondary N) is 1. The zero-order chi connectivity index (χ0) is 28.8. The van der Waals surface area contributed by atoms with Crippen molar-refractivity contribution < 1.29 is 27.8 Å². The summed E-state index contributed by atoms with van der Waals surface area (Å²) in [4.78, 5) is 27.6. The summed E-state index contributed by atoms with van der Waals surface area (Å²) in [5, 5.41) is 3.13. The zero-order valence-corrected chi connectivity index (χ0v) is 23.4. The van der Waals surface area contributed by atoms with Gasteiger partial charge in [0.05, 0.1) is 60.2 Å². The Kier molecular flexibility index (Phi) is 9.00. The standard InChI is InChI=1S/C19H14FN3O2S.C7H7FN2O2.C2H6/c1-9-5-11(16-13(6-9)22-15(24-2)8-21-16)19-23-14-7-12(20)17-10(3-4-25-17)18(14)26-19;1-12-7(11)10-5-2-3-6(8)9-4-5;1-2/h5-8H,3-4H2,1-2H3;2-4H,1H3,(H,10,11);1-2H3. The molecular weight excluding hydrogens is 540 g/mol. The number of hydrogen-bond acceptors (Lipinski definition) is 9. The van der Waals surface area contributed by atoms with Crippen LogP contribution in [0.4, 0.5) is 19.3 Å². The molecule has 9 nitrogen and oxygen atoms in total. The van der Waals surface area contributed by atoms with Crippen molar-refractivity contribution in [2.45, 2.75) is 27.2 Å². The molecule has 0 unspecified atom stereocenters. The number of halogens is 2. The maximum Gasteiger partial charge on any atom is 0.411 e. The highest BCUT2D eigenvalue weighted by molar-refractivity contribution is 7.22. The Morgan fingerprint density at radius 2 is 1.85 bits per heavy atom. The minimum absolute atomic E-state index is 0.347. The third-order valence-electron chi connectivity index (χ3n) is 5.65. The highest BCUT2D eigenvalue weighted by atomic mass is 32.1. The van der Waals surface area contributed by atoms with Crippen LogP contribution in [0.5, 0.6) is 11.6 Å². The number of benzene rings is 2. The molecule has 0 saturated carbocycles. The van der Waals surface area contributed by atoms with Crippen LogP contribution in [-0.4, -0.2) is 46.9 Å². The second kappa shape index (κ2) is 12.6. The van der Waals surface area contributed by atoms with E-state index in [0.717, 1.165) is 43.5 Å². The molecule has 0 spiro atoms. The van der Waals surface area contributed by atoms with Gasteiger partial charge in [0.25, 0.3) is 0 Å². The SMILES string of the molecule is CC.COC(=O)Nc1ccc(F)nc1.COc1cnc2c(-c3nc4cc(F)c5c(c4s3)CCO5)cc(C)cc2n1. The van der Waals surface area contributed by atoms with Gasteiger partial charge in [-0.05, 0) is 36.8 Å². The van der Waals surface area contributed by atoms with Crippen LogP contribution in [0.1, 0.15) is 25.0 Å². The van der Waals surface area contributed by atoms with E-state index >= 15 is 0 Å². The van der Waals surface area contributed by atoms with Crippen LogP contribution in [0.15, 0.2) is 42.7 Å². The van der Waals surface area contributed by atoms with Crippen molar-refractivity contribution in [1.82, 2.24) is 19.9 Å². The molecule has 0 atom stereocenters. The number of aryl methyl sites for hydroxylation is 1. The summed E-state index contributed by atoms with van der Waals surface area (Å²) in [6.45, 7) is 6.51. The predicted octanol–water partition coefficient (Wildman–Crippen LogP) is 6.72. The molecule has 0 radical (unpaired) electrons. The first kappa shape index (κ1) is 28.6. The lowest BCUT2D eigenvalue weighted by Gasteiger charge is -2.06. The third-order valence-corrected chi connectivity index (χ3v) is 6.81. The molecule has 2 aromatic carbocycles. The van der Waals surface area contributed by atoms with Gasteiger partial charge in [0, 0.05) is 23.6 Å². The monoisotopic (exact) mass is 567 g/mol. The molecule has 1 aliphatic rings. The second-order valence-electron chi connectivity index (χ2n) is 8.21. The largest absolute Gasteiger partial charge is 0.490 e. The van der Waals surface area contributed by atoms with Crippen LogP contribution in [-0.2, 0) is 11.2 Å². The lowest BCUT2D eigenvalue weighted by atomic mass is 10.1. The molecule has 0 bridgehead atoms. The summed E-state index contributed by atoms with van der Waals surface area (Å²) >= 11 is 1.54. The average Bonchev–Trinajstić information content (AvgIpc) is 3.63. The molecule has 12 heteroatoms. The number of fused-ring (bicyclic) bond motifs is 4. The van der Waals surface area contributed by atoms with Crippen molar-refractivity contribution in [3.8, 4) is 22.2 Å². The first-order chi connectivity index (χ1) is 19.4. The van der Waals surface area contributed by atoms with Crippen molar-refractivity contribution in [3.05, 3.63) is 65.6 Å². The molecule has 40 heavy (non-hydrogen) atoms. The van der Waals surface area contributed by atoms with Gasteiger partial charge in [-0.25, -0.2) is 29.1 Å². The fourth-order valence-corrected chi connectivity index (χ4v) is 5.09. The predicted molar refractivity (Wildman–Crippen MR) is 150 cm³/mol. The Labute approximate surface area is 233 Å². The molecule has 5 aromatic rings. The van der Waals surface area contributed by atoms with Gasteiger partial charge in [-0.3, -0.25) is 5.32 Å². The number of anilines is 1. The molecule has 0 saturated heterocycles. The number of carbonyl (C=O) groups is 1. The molecule has 208 valence electrons. The van der Waals surface area contributed by atoms with E-state index in [-0.39, 0.29) is 5.82 Å². The van der Waals surface area contributed by atoms with E-state index in [2.05, 4.69) is 30.0 Å². The van der Waals surface area contributed by atoms with Gasteiger partial charge in [-0.2, -0.15) is 4.39 Å². The molecular formula is C28H27F2N5O4S. The van der Waals surface area contributed by atoms with Crippen molar-refractivity contribution in [2.75, 3.05) is 26.1 Å². The Morgan fingerprint density at radius 3 is 2.55 bits per heavy atom.